The molecule has 7 aliphatic rings. The molecule has 10 aromatic heterocycles. The highest BCUT2D eigenvalue weighted by Crippen LogP contribution is 2.44. The molecule has 0 radical (unpaired) electrons. The minimum atomic E-state index is -4.52. The van der Waals surface area contributed by atoms with Crippen molar-refractivity contribution in [1.29, 1.82) is 0 Å². The molecular formula is C108H99F9N22O8. The van der Waals surface area contributed by atoms with Gasteiger partial charge in [-0.3, -0.25) is 48.6 Å². The summed E-state index contributed by atoms with van der Waals surface area (Å²) >= 11 is 0. The van der Waals surface area contributed by atoms with Crippen molar-refractivity contribution < 1.29 is 77.7 Å². The number of likely N-dealkylation sites (tertiary alicyclic amines) is 1. The number of rotatable bonds is 24. The van der Waals surface area contributed by atoms with E-state index in [4.69, 9.17) is 29.2 Å². The van der Waals surface area contributed by atoms with Gasteiger partial charge in [0.15, 0.2) is 40.4 Å². The summed E-state index contributed by atoms with van der Waals surface area (Å²) in [5.41, 5.74) is 11.0. The van der Waals surface area contributed by atoms with Crippen LogP contribution in [0.25, 0.3) is 79.7 Å². The molecule has 0 atom stereocenters. The quantitative estimate of drug-likeness (QED) is 0.0507. The molecule has 16 heterocycles. The zero-order chi connectivity index (χ0) is 103. The summed E-state index contributed by atoms with van der Waals surface area (Å²) in [6.45, 7) is 14.8. The average molecular weight is 2000 g/mol. The number of aromatic nitrogens is 17. The molecule has 39 heteroatoms. The van der Waals surface area contributed by atoms with Crippen molar-refractivity contribution in [2.45, 2.75) is 154 Å². The van der Waals surface area contributed by atoms with Gasteiger partial charge in [-0.2, -0.15) is 39.5 Å². The number of carbonyl (C=O) groups excluding carboxylic acids is 5. The topological polar surface area (TPSA) is 324 Å². The number of benzene rings is 5. The van der Waals surface area contributed by atoms with E-state index in [0.717, 1.165) is 119 Å². The molecular weight excluding hydrogens is 1900 g/mol. The maximum atomic E-state index is 13.2. The van der Waals surface area contributed by atoms with E-state index in [2.05, 4.69) is 74.7 Å². The van der Waals surface area contributed by atoms with Gasteiger partial charge >= 0.3 is 18.5 Å². The summed E-state index contributed by atoms with van der Waals surface area (Å²) in [5, 5.41) is 0. The fraction of sp³-hybridized carbons (Fsp3) is 0.306. The standard InChI is InChI=1S/C29H30N4O3.C27H23F3N6O2.C26H23F3N6O2.C26H23F3N6O/c1-19(2)23-6-3-4-7-24(23)26-30-15-22-14-25(34)32(27(22)31-26)16-20-8-10-21(11-9-20)28(35)33-13-5-12-29(33)17-36-18-29;1-35-14-21(27(28,29)30)33-24(35)18-8-6-16(7-9-18)13-36-22(37)11-19-12-32-23(34-25(19)36)20-3-2-10-31-26(20)38-15-17-4-5-17;1-3-11-37-25-19(5-4-10-30-25)22-31-13-18-12-21(36)35(24(18)33-22)14-16-6-8-17(9-7-16)23-32-20(15-34(23)2)26(27,28)29;1-15(2)22-19(5-4-10-30-22)23-31-12-18-11-21(36)35(25(18)33-23)13-16-6-8-17(9-7-16)24-32-20(14-34(24)3)26(27,28)29/h3-4,6-11,15,19H,5,12-14,16-18H2,1-2H3;2-3,6-10,12,14,17H,4-5,11,13,15H2,1H3;4-10,13,15H,3,11-12,14H2,1-2H3;4-10,12,14-15H,11,13H2,1-3H3. The van der Waals surface area contributed by atoms with Crippen LogP contribution < -0.4 is 29.1 Å². The van der Waals surface area contributed by atoms with E-state index in [0.29, 0.717) is 143 Å². The van der Waals surface area contributed by atoms with Crippen LogP contribution in [0.1, 0.15) is 162 Å². The highest BCUT2D eigenvalue weighted by atomic mass is 19.4. The van der Waals surface area contributed by atoms with Crippen LogP contribution in [-0.4, -0.2) is 156 Å². The van der Waals surface area contributed by atoms with E-state index in [1.54, 1.807) is 148 Å². The van der Waals surface area contributed by atoms with Crippen LogP contribution in [0.5, 0.6) is 11.8 Å². The number of fused-ring (bicyclic) bond motifs is 4. The van der Waals surface area contributed by atoms with Crippen molar-refractivity contribution in [1.82, 2.24) is 88.4 Å². The first-order chi connectivity index (χ1) is 70.6. The largest absolute Gasteiger partial charge is 0.477 e. The third-order valence-electron chi connectivity index (χ3n) is 26.3. The molecule has 1 aliphatic carbocycles. The third kappa shape index (κ3) is 21.4. The highest BCUT2D eigenvalue weighted by Gasteiger charge is 2.50. The number of halogens is 9. The number of hydrogen-bond donors (Lipinski definition) is 0. The van der Waals surface area contributed by atoms with Gasteiger partial charge in [-0.05, 0) is 126 Å². The van der Waals surface area contributed by atoms with Crippen molar-refractivity contribution in [2.24, 2.45) is 27.1 Å². The van der Waals surface area contributed by atoms with Gasteiger partial charge in [0.25, 0.3) is 5.91 Å². The van der Waals surface area contributed by atoms with E-state index in [-0.39, 0.29) is 97.4 Å². The molecule has 0 bridgehead atoms. The smallest absolute Gasteiger partial charge is 0.434 e. The Kier molecular flexibility index (Phi) is 27.8. The predicted octanol–water partition coefficient (Wildman–Crippen LogP) is 19.2. The number of carbonyl (C=O) groups is 5. The van der Waals surface area contributed by atoms with Gasteiger partial charge in [-0.25, -0.2) is 64.8 Å². The first-order valence-corrected chi connectivity index (χ1v) is 48.0. The Hall–Kier alpha value is -16.2. The Morgan fingerprint density at radius 2 is 0.776 bits per heavy atom. The molecule has 0 unspecified atom stereocenters. The second kappa shape index (κ2) is 41.1. The van der Waals surface area contributed by atoms with Gasteiger partial charge < -0.3 is 32.8 Å². The Labute approximate surface area is 838 Å². The second-order valence-electron chi connectivity index (χ2n) is 37.7. The van der Waals surface area contributed by atoms with Crippen molar-refractivity contribution in [3.05, 3.63) is 298 Å². The number of aryl methyl sites for hydroxylation is 3. The van der Waals surface area contributed by atoms with Gasteiger partial charge in [-0.1, -0.05) is 144 Å². The summed E-state index contributed by atoms with van der Waals surface area (Å²) in [6, 6.07) is 47.6. The number of anilines is 4. The van der Waals surface area contributed by atoms with Crippen LogP contribution in [0.3, 0.4) is 0 Å². The van der Waals surface area contributed by atoms with E-state index in [1.165, 1.54) is 40.4 Å². The Bertz CT molecular complexity index is 7490. The number of hydrogen-bond acceptors (Lipinski definition) is 22. The maximum absolute atomic E-state index is 13.2. The number of pyridine rings is 3. The number of nitrogens with zero attached hydrogens (tertiary/aromatic N) is 22. The number of imidazole rings is 3. The van der Waals surface area contributed by atoms with Crippen molar-refractivity contribution in [3.8, 4) is 91.5 Å². The minimum Gasteiger partial charge on any atom is -0.477 e. The van der Waals surface area contributed by atoms with Crippen LogP contribution in [0.4, 0.5) is 62.8 Å². The molecule has 15 aromatic rings. The number of ether oxygens (including phenoxy) is 3. The molecule has 30 nitrogen and oxygen atoms in total. The number of alkyl halides is 9. The lowest BCUT2D eigenvalue weighted by molar-refractivity contribution is -0.141. The van der Waals surface area contributed by atoms with Gasteiger partial charge in [0.2, 0.25) is 35.4 Å². The molecule has 0 N–H and O–H groups in total. The average Bonchev–Trinajstić information content (AvgIpc) is 1.64. The monoisotopic (exact) mass is 2000 g/mol. The number of amides is 5. The third-order valence-corrected chi connectivity index (χ3v) is 26.3. The molecule has 147 heavy (non-hydrogen) atoms. The predicted molar refractivity (Wildman–Crippen MR) is 526 cm³/mol. The SMILES string of the molecule is CC(C)c1ccccc1-c1ncc2c(n1)N(Cc1ccc(C(=O)N3CCCC34COC4)cc1)C(=O)C2.CC(C)c1ncccc1-c1ncc2c(n1)N(Cc1ccc(-c3nc(C(F)(F)F)cn3C)cc1)C(=O)C2.CCCOc1ncccc1-c1ncc2c(n1)N(Cc1ccc(-c3nc(C(F)(F)F)cn3C)cc1)C(=O)C2.Cn1cc(C(F)(F)F)nc1-c1ccc(CN2C(=O)Cc3cnc(-c4cccnc4OCC4CC4)nc32)cc1. The normalized spacial score (nSPS) is 15.0. The second-order valence-corrected chi connectivity index (χ2v) is 37.7. The van der Waals surface area contributed by atoms with E-state index in [1.807, 2.05) is 92.4 Å². The first-order valence-electron chi connectivity index (χ1n) is 48.0. The van der Waals surface area contributed by atoms with E-state index >= 15 is 0 Å². The minimum absolute atomic E-state index is 0.0118. The summed E-state index contributed by atoms with van der Waals surface area (Å²) in [4.78, 5) is 134. The van der Waals surface area contributed by atoms with Gasteiger partial charge in [0, 0.05) is 145 Å². The lowest BCUT2D eigenvalue weighted by Crippen LogP contribution is -2.60. The van der Waals surface area contributed by atoms with Crippen LogP contribution in [0.15, 0.2) is 220 Å². The van der Waals surface area contributed by atoms with Crippen molar-refractivity contribution in [3.63, 3.8) is 0 Å². The first kappa shape index (κ1) is 99.5. The van der Waals surface area contributed by atoms with Crippen LogP contribution in [-0.2, 0) is 115 Å². The molecule has 22 rings (SSSR count). The fourth-order valence-electron chi connectivity index (χ4n) is 18.4. The lowest BCUT2D eigenvalue weighted by Gasteiger charge is -2.45. The molecule has 6 aliphatic heterocycles. The Balaban J connectivity index is 0.000000123. The van der Waals surface area contributed by atoms with Gasteiger partial charge in [-0.15, -0.1) is 0 Å². The lowest BCUT2D eigenvalue weighted by atomic mass is 9.93. The highest BCUT2D eigenvalue weighted by molar-refractivity contribution is 6.03. The van der Waals surface area contributed by atoms with Crippen LogP contribution in [0.2, 0.25) is 0 Å². The molecule has 5 aromatic carbocycles. The molecule has 752 valence electrons. The Morgan fingerprint density at radius 3 is 1.13 bits per heavy atom. The zero-order valence-electron chi connectivity index (χ0n) is 81.3. The van der Waals surface area contributed by atoms with Gasteiger partial charge in [0.1, 0.15) is 40.7 Å². The van der Waals surface area contributed by atoms with Crippen molar-refractivity contribution in [2.75, 3.05) is 52.6 Å². The molecule has 1 saturated carbocycles. The van der Waals surface area contributed by atoms with Crippen LogP contribution in [0, 0.1) is 5.92 Å². The molecule has 1 spiro atoms. The molecule has 5 amide bonds. The summed E-state index contributed by atoms with van der Waals surface area (Å²) < 4.78 is 138. The van der Waals surface area contributed by atoms with Crippen LogP contribution >= 0.6 is 0 Å². The van der Waals surface area contributed by atoms with Gasteiger partial charge in [0.05, 0.1) is 101 Å². The van der Waals surface area contributed by atoms with E-state index in [9.17, 15) is 63.5 Å². The summed E-state index contributed by atoms with van der Waals surface area (Å²) in [7, 11) is 4.56. The fourth-order valence-corrected chi connectivity index (χ4v) is 18.4. The summed E-state index contributed by atoms with van der Waals surface area (Å²) in [5.74, 6) is 6.63. The zero-order valence-corrected chi connectivity index (χ0v) is 81.3. The molecule has 3 fully saturated rings. The Morgan fingerprint density at radius 1 is 0.422 bits per heavy atom. The summed E-state index contributed by atoms with van der Waals surface area (Å²) in [6.07, 6.45) is 7.24. The van der Waals surface area contributed by atoms with E-state index < -0.39 is 35.6 Å². The maximum Gasteiger partial charge on any atom is 0.434 e. The molecule has 2 saturated heterocycles. The van der Waals surface area contributed by atoms with Crippen molar-refractivity contribution >= 4 is 52.8 Å².